The largest absolute Gasteiger partial charge is 0.411 e. The van der Waals surface area contributed by atoms with Crippen molar-refractivity contribution in [1.82, 2.24) is 9.13 Å². The maximum atomic E-state index is 14.7. The quantitative estimate of drug-likeness (QED) is 0.107. The van der Waals surface area contributed by atoms with Crippen LogP contribution in [0.15, 0.2) is 79.8 Å². The lowest BCUT2D eigenvalue weighted by atomic mass is 9.72. The van der Waals surface area contributed by atoms with E-state index >= 15 is 0 Å². The normalized spacial score (nSPS) is 13.7. The highest BCUT2D eigenvalue weighted by Crippen LogP contribution is 2.56. The summed E-state index contributed by atoms with van der Waals surface area (Å²) < 4.78 is 88.1. The van der Waals surface area contributed by atoms with Crippen molar-refractivity contribution < 1.29 is 26.3 Å². The molecule has 2 aromatic heterocycles. The van der Waals surface area contributed by atoms with Crippen LogP contribution in [-0.4, -0.2) is 21.5 Å². The highest BCUT2D eigenvalue weighted by molar-refractivity contribution is 14.1. The third-order valence-corrected chi connectivity index (χ3v) is 8.94. The lowest BCUT2D eigenvalue weighted by molar-refractivity contribution is -0.288. The van der Waals surface area contributed by atoms with Crippen molar-refractivity contribution in [2.24, 2.45) is 0 Å². The molecule has 45 heavy (non-hydrogen) atoms. The number of halogens is 8. The van der Waals surface area contributed by atoms with Gasteiger partial charge in [-0.2, -0.15) is 26.3 Å². The first-order chi connectivity index (χ1) is 20.5. The number of hydrogen-bond donors (Lipinski definition) is 0. The minimum Gasteiger partial charge on any atom is -0.269 e. The number of aromatic nitrogens is 2. The highest BCUT2D eigenvalue weighted by atomic mass is 127. The molecule has 5 rings (SSSR count). The van der Waals surface area contributed by atoms with E-state index in [-0.39, 0.29) is 27.2 Å². The lowest BCUT2D eigenvalue weighted by Gasteiger charge is -2.38. The summed E-state index contributed by atoms with van der Waals surface area (Å²) in [5, 5.41) is -0.650. The molecule has 3 aromatic carbocycles. The summed E-state index contributed by atoms with van der Waals surface area (Å²) in [5.74, 6) is 0. The molecule has 0 atom stereocenters. The standard InChI is InChI=1S/C31H22F6I2N2O4/c1-27(2,38)15-5-7-16(8-6-15)29(30(32,33)34,31(35,36)37)17-9-11-18(12-10-17)40-23(42)19-13-21-22(14-20(19)24(40)43)26(45)41(25(21)44)28(3,4)39/h5-14H,1-4H3. The van der Waals surface area contributed by atoms with Gasteiger partial charge in [0.15, 0.2) is 0 Å². The van der Waals surface area contributed by atoms with Gasteiger partial charge in [-0.05, 0) is 68.7 Å². The van der Waals surface area contributed by atoms with Crippen molar-refractivity contribution in [2.75, 3.05) is 0 Å². The van der Waals surface area contributed by atoms with Crippen LogP contribution in [0.3, 0.4) is 0 Å². The molecule has 0 bridgehead atoms. The summed E-state index contributed by atoms with van der Waals surface area (Å²) in [6.07, 6.45) is -11.7. The Bertz CT molecular complexity index is 2080. The molecular weight excluding hydrogens is 832 g/mol. The topological polar surface area (TPSA) is 78.1 Å². The Morgan fingerprint density at radius 3 is 1.20 bits per heavy atom. The molecule has 0 unspecified atom stereocenters. The number of fused-ring (bicyclic) bond motifs is 2. The van der Waals surface area contributed by atoms with Gasteiger partial charge < -0.3 is 0 Å². The van der Waals surface area contributed by atoms with Gasteiger partial charge in [0, 0.05) is 3.42 Å². The summed E-state index contributed by atoms with van der Waals surface area (Å²) in [6, 6.07) is 9.09. The third-order valence-electron chi connectivity index (χ3n) is 7.84. The minimum absolute atomic E-state index is 0.0982. The lowest BCUT2D eigenvalue weighted by Crippen LogP contribution is -2.54. The second kappa shape index (κ2) is 10.5. The average molecular weight is 854 g/mol. The van der Waals surface area contributed by atoms with Crippen LogP contribution in [0, 0.1) is 0 Å². The van der Waals surface area contributed by atoms with Gasteiger partial charge in [0.1, 0.15) is 0 Å². The minimum atomic E-state index is -5.83. The summed E-state index contributed by atoms with van der Waals surface area (Å²) >= 11 is 3.91. The van der Waals surface area contributed by atoms with Gasteiger partial charge in [-0.3, -0.25) is 23.7 Å². The van der Waals surface area contributed by atoms with E-state index in [1.807, 2.05) is 45.2 Å². The predicted octanol–water partition coefficient (Wildman–Crippen LogP) is 7.11. The molecular formula is C31H22F6I2N2O4. The van der Waals surface area contributed by atoms with Crippen LogP contribution >= 0.6 is 45.2 Å². The molecule has 0 fully saturated rings. The number of alkyl halides is 8. The second-order valence-electron chi connectivity index (χ2n) is 11.6. The van der Waals surface area contributed by atoms with E-state index in [2.05, 4.69) is 0 Å². The van der Waals surface area contributed by atoms with Crippen LogP contribution in [0.2, 0.25) is 0 Å². The number of rotatable bonds is 5. The molecule has 14 heteroatoms. The van der Waals surface area contributed by atoms with Crippen LogP contribution in [0.25, 0.3) is 27.2 Å². The summed E-state index contributed by atoms with van der Waals surface area (Å²) in [6.45, 7) is 6.75. The zero-order chi connectivity index (χ0) is 33.7. The fraction of sp³-hybridized carbons (Fsp3) is 0.290. The Kier molecular flexibility index (Phi) is 7.78. The van der Waals surface area contributed by atoms with Crippen molar-refractivity contribution in [2.45, 2.75) is 52.4 Å². The van der Waals surface area contributed by atoms with Crippen molar-refractivity contribution in [1.29, 1.82) is 0 Å². The van der Waals surface area contributed by atoms with Crippen LogP contribution in [0.4, 0.5) is 26.3 Å². The maximum absolute atomic E-state index is 14.7. The molecule has 6 nitrogen and oxygen atoms in total. The van der Waals surface area contributed by atoms with E-state index in [0.29, 0.717) is 22.3 Å². The molecule has 0 amide bonds. The third kappa shape index (κ3) is 5.06. The van der Waals surface area contributed by atoms with Crippen LogP contribution in [0.1, 0.15) is 44.4 Å². The first kappa shape index (κ1) is 33.3. The molecule has 0 aliphatic heterocycles. The van der Waals surface area contributed by atoms with Crippen LogP contribution in [0.5, 0.6) is 0 Å². The fourth-order valence-electron chi connectivity index (χ4n) is 5.65. The molecule has 0 aliphatic carbocycles. The predicted molar refractivity (Wildman–Crippen MR) is 176 cm³/mol. The zero-order valence-corrected chi connectivity index (χ0v) is 28.1. The van der Waals surface area contributed by atoms with Gasteiger partial charge in [0.2, 0.25) is 5.41 Å². The Balaban J connectivity index is 1.71. The number of benzene rings is 3. The SMILES string of the molecule is CC(C)(I)c1ccc(C(c2ccc(-n3c(=O)c4cc5c(=O)n(C(C)(C)I)c(=O)c5cc4c3=O)cc2)(C(F)(F)F)C(F)(F)F)cc1. The highest BCUT2D eigenvalue weighted by Gasteiger charge is 2.72. The maximum Gasteiger partial charge on any atom is 0.411 e. The molecule has 0 aliphatic rings. The molecule has 5 aromatic rings. The van der Waals surface area contributed by atoms with Crippen molar-refractivity contribution >= 4 is 66.7 Å². The number of hydrogen-bond acceptors (Lipinski definition) is 4. The van der Waals surface area contributed by atoms with Crippen molar-refractivity contribution in [3.63, 3.8) is 0 Å². The first-order valence-electron chi connectivity index (χ1n) is 13.2. The van der Waals surface area contributed by atoms with Gasteiger partial charge in [-0.15, -0.1) is 0 Å². The zero-order valence-electron chi connectivity index (χ0n) is 23.8. The van der Waals surface area contributed by atoms with Gasteiger partial charge in [-0.1, -0.05) is 81.6 Å². The molecule has 0 N–H and O–H groups in total. The van der Waals surface area contributed by atoms with Gasteiger partial charge in [-0.25, -0.2) is 4.57 Å². The van der Waals surface area contributed by atoms with E-state index in [0.717, 1.165) is 41.0 Å². The van der Waals surface area contributed by atoms with Crippen molar-refractivity contribution in [3.05, 3.63) is 119 Å². The second-order valence-corrected chi connectivity index (χ2v) is 16.9. The molecule has 0 spiro atoms. The average Bonchev–Trinajstić information content (AvgIpc) is 3.30. The fourth-order valence-corrected chi connectivity index (χ4v) is 6.45. The van der Waals surface area contributed by atoms with E-state index in [1.54, 1.807) is 27.7 Å². The van der Waals surface area contributed by atoms with Gasteiger partial charge >= 0.3 is 12.4 Å². The molecule has 2 heterocycles. The summed E-state index contributed by atoms with van der Waals surface area (Å²) in [7, 11) is 0. The summed E-state index contributed by atoms with van der Waals surface area (Å²) in [5.41, 5.74) is -9.66. The smallest absolute Gasteiger partial charge is 0.269 e. The van der Waals surface area contributed by atoms with Crippen LogP contribution < -0.4 is 22.2 Å². The molecule has 0 saturated carbocycles. The Morgan fingerprint density at radius 1 is 0.533 bits per heavy atom. The Labute approximate surface area is 277 Å². The van der Waals surface area contributed by atoms with E-state index in [4.69, 9.17) is 0 Å². The Morgan fingerprint density at radius 2 is 0.867 bits per heavy atom. The monoisotopic (exact) mass is 854 g/mol. The van der Waals surface area contributed by atoms with Gasteiger partial charge in [0.25, 0.3) is 22.2 Å². The van der Waals surface area contributed by atoms with Crippen LogP contribution in [-0.2, 0) is 12.4 Å². The van der Waals surface area contributed by atoms with Crippen molar-refractivity contribution in [3.8, 4) is 5.69 Å². The van der Waals surface area contributed by atoms with E-state index in [9.17, 15) is 45.5 Å². The number of nitrogens with zero attached hydrogens (tertiary/aromatic N) is 2. The Hall–Kier alpha value is -3.02. The van der Waals surface area contributed by atoms with Gasteiger partial charge in [0.05, 0.1) is 30.8 Å². The van der Waals surface area contributed by atoms with E-state index in [1.165, 1.54) is 12.1 Å². The molecule has 0 saturated heterocycles. The first-order valence-corrected chi connectivity index (χ1v) is 15.4. The van der Waals surface area contributed by atoms with E-state index < -0.39 is 58.1 Å². The summed E-state index contributed by atoms with van der Waals surface area (Å²) in [4.78, 5) is 52.6. The molecule has 0 radical (unpaired) electrons. The molecule has 236 valence electrons.